The summed E-state index contributed by atoms with van der Waals surface area (Å²) in [4.78, 5) is 26.8. The maximum Gasteiger partial charge on any atom is 0.274 e. The van der Waals surface area contributed by atoms with Gasteiger partial charge in [-0.1, -0.05) is 0 Å². The van der Waals surface area contributed by atoms with Crippen molar-refractivity contribution in [2.75, 3.05) is 20.3 Å². The van der Waals surface area contributed by atoms with Gasteiger partial charge in [0.1, 0.15) is 0 Å². The summed E-state index contributed by atoms with van der Waals surface area (Å²) in [5.74, 6) is -0.209. The van der Waals surface area contributed by atoms with Crippen LogP contribution >= 0.6 is 0 Å². The lowest BCUT2D eigenvalue weighted by molar-refractivity contribution is -0.124. The molecule has 0 fully saturated rings. The van der Waals surface area contributed by atoms with Crippen molar-refractivity contribution >= 4 is 11.8 Å². The highest BCUT2D eigenvalue weighted by atomic mass is 16.7. The van der Waals surface area contributed by atoms with Crippen molar-refractivity contribution in [1.29, 1.82) is 0 Å². The molecule has 0 bridgehead atoms. The second-order valence-corrected chi connectivity index (χ2v) is 3.48. The molecule has 0 heterocycles. The van der Waals surface area contributed by atoms with Crippen LogP contribution in [0.5, 0.6) is 11.5 Å². The quantitative estimate of drug-likeness (QED) is 0.690. The Labute approximate surface area is 110 Å². The van der Waals surface area contributed by atoms with E-state index in [9.17, 15) is 9.59 Å². The number of rotatable bonds is 7. The molecule has 0 saturated heterocycles. The molecule has 0 aromatic heterocycles. The summed E-state index contributed by atoms with van der Waals surface area (Å²) >= 11 is 0. The number of amides is 2. The van der Waals surface area contributed by atoms with Gasteiger partial charge in [0.2, 0.25) is 5.91 Å². The summed E-state index contributed by atoms with van der Waals surface area (Å²) in [5.41, 5.74) is 7.28. The van der Waals surface area contributed by atoms with E-state index < -0.39 is 11.8 Å². The molecule has 0 saturated carbocycles. The molecule has 1 aromatic rings. The van der Waals surface area contributed by atoms with Crippen LogP contribution in [0.25, 0.3) is 0 Å². The van der Waals surface area contributed by atoms with Crippen LogP contribution in [-0.4, -0.2) is 32.1 Å². The van der Waals surface area contributed by atoms with Gasteiger partial charge in [0.15, 0.2) is 18.1 Å². The maximum absolute atomic E-state index is 11.7. The minimum atomic E-state index is -0.676. The first-order valence-electron chi connectivity index (χ1n) is 5.59. The molecule has 104 valence electrons. The molecule has 0 aliphatic rings. The second-order valence-electron chi connectivity index (χ2n) is 3.48. The van der Waals surface area contributed by atoms with Gasteiger partial charge in [-0.05, 0) is 25.1 Å². The zero-order valence-electron chi connectivity index (χ0n) is 10.8. The third-order valence-corrected chi connectivity index (χ3v) is 2.10. The van der Waals surface area contributed by atoms with Crippen LogP contribution in [0.2, 0.25) is 0 Å². The summed E-state index contributed by atoms with van der Waals surface area (Å²) in [6, 6.07) is 4.67. The van der Waals surface area contributed by atoms with E-state index >= 15 is 0 Å². The van der Waals surface area contributed by atoms with Crippen molar-refractivity contribution in [2.24, 2.45) is 5.73 Å². The van der Waals surface area contributed by atoms with Crippen LogP contribution in [0, 0.1) is 0 Å². The Bertz CT molecular complexity index is 461. The highest BCUT2D eigenvalue weighted by Gasteiger charge is 2.11. The van der Waals surface area contributed by atoms with Gasteiger partial charge < -0.3 is 15.2 Å². The Hall–Kier alpha value is -2.28. The molecule has 0 spiro atoms. The van der Waals surface area contributed by atoms with Crippen molar-refractivity contribution in [3.63, 3.8) is 0 Å². The summed E-state index contributed by atoms with van der Waals surface area (Å²) in [6.45, 7) is 1.88. The van der Waals surface area contributed by atoms with E-state index in [2.05, 4.69) is 10.3 Å². The number of benzene rings is 1. The number of primary amides is 1. The first-order valence-corrected chi connectivity index (χ1v) is 5.59. The fourth-order valence-electron chi connectivity index (χ4n) is 1.32. The Morgan fingerprint density at radius 1 is 1.32 bits per heavy atom. The van der Waals surface area contributed by atoms with Gasteiger partial charge >= 0.3 is 0 Å². The van der Waals surface area contributed by atoms with Gasteiger partial charge in [-0.2, -0.15) is 0 Å². The summed E-state index contributed by atoms with van der Waals surface area (Å²) < 4.78 is 10.4. The molecule has 2 amide bonds. The van der Waals surface area contributed by atoms with Crippen LogP contribution < -0.4 is 20.7 Å². The largest absolute Gasteiger partial charge is 0.493 e. The lowest BCUT2D eigenvalue weighted by atomic mass is 10.2. The second kappa shape index (κ2) is 7.22. The number of nitrogens with one attached hydrogen (secondary N) is 1. The van der Waals surface area contributed by atoms with E-state index in [0.717, 1.165) is 0 Å². The third kappa shape index (κ3) is 4.47. The lowest BCUT2D eigenvalue weighted by Crippen LogP contribution is -2.29. The first kappa shape index (κ1) is 14.8. The Morgan fingerprint density at radius 3 is 2.63 bits per heavy atom. The minimum Gasteiger partial charge on any atom is -0.493 e. The van der Waals surface area contributed by atoms with Crippen molar-refractivity contribution in [2.45, 2.75) is 6.92 Å². The van der Waals surface area contributed by atoms with Gasteiger partial charge in [0.05, 0.1) is 13.7 Å². The first-order chi connectivity index (χ1) is 9.08. The SMILES string of the molecule is CCOc1cc(C(=O)NOCC(N)=O)ccc1OC. The smallest absolute Gasteiger partial charge is 0.274 e. The normalized spacial score (nSPS) is 9.79. The van der Waals surface area contributed by atoms with E-state index in [1.54, 1.807) is 12.1 Å². The monoisotopic (exact) mass is 268 g/mol. The predicted molar refractivity (Wildman–Crippen MR) is 66.8 cm³/mol. The molecular formula is C12H16N2O5. The third-order valence-electron chi connectivity index (χ3n) is 2.10. The molecule has 19 heavy (non-hydrogen) atoms. The number of ether oxygens (including phenoxy) is 2. The topological polar surface area (TPSA) is 99.9 Å². The summed E-state index contributed by atoms with van der Waals surface area (Å²) in [7, 11) is 1.51. The molecule has 1 aromatic carbocycles. The summed E-state index contributed by atoms with van der Waals surface area (Å²) in [5, 5.41) is 0. The molecule has 7 heteroatoms. The number of carbonyl (C=O) groups excluding carboxylic acids is 2. The number of nitrogens with two attached hydrogens (primary N) is 1. The molecule has 0 aliphatic heterocycles. The number of hydrogen-bond acceptors (Lipinski definition) is 5. The van der Waals surface area contributed by atoms with E-state index in [1.807, 2.05) is 6.92 Å². The number of methoxy groups -OCH3 is 1. The van der Waals surface area contributed by atoms with Crippen molar-refractivity contribution < 1.29 is 23.9 Å². The highest BCUT2D eigenvalue weighted by Crippen LogP contribution is 2.27. The Kier molecular flexibility index (Phi) is 5.62. The average molecular weight is 268 g/mol. The van der Waals surface area contributed by atoms with Gasteiger partial charge in [0, 0.05) is 5.56 Å². The molecule has 0 unspecified atom stereocenters. The van der Waals surface area contributed by atoms with Crippen LogP contribution in [0.1, 0.15) is 17.3 Å². The standard InChI is InChI=1S/C12H16N2O5/c1-3-18-10-6-8(4-5-9(10)17-2)12(16)14-19-7-11(13)15/h4-6H,3,7H2,1-2H3,(H2,13,15)(H,14,16). The number of hydrogen-bond donors (Lipinski definition) is 2. The predicted octanol–water partition coefficient (Wildman–Crippen LogP) is 0.241. The molecule has 0 radical (unpaired) electrons. The molecule has 0 atom stereocenters. The van der Waals surface area contributed by atoms with Gasteiger partial charge in [-0.15, -0.1) is 0 Å². The summed E-state index contributed by atoms with van der Waals surface area (Å²) in [6.07, 6.45) is 0. The average Bonchev–Trinajstić information content (AvgIpc) is 2.38. The van der Waals surface area contributed by atoms with Gasteiger partial charge in [0.25, 0.3) is 5.91 Å². The van der Waals surface area contributed by atoms with Crippen LogP contribution in [0.4, 0.5) is 0 Å². The van der Waals surface area contributed by atoms with E-state index in [1.165, 1.54) is 13.2 Å². The van der Waals surface area contributed by atoms with Crippen LogP contribution in [-0.2, 0) is 9.63 Å². The van der Waals surface area contributed by atoms with E-state index in [4.69, 9.17) is 15.2 Å². The molecular weight excluding hydrogens is 252 g/mol. The highest BCUT2D eigenvalue weighted by molar-refractivity contribution is 5.94. The fourth-order valence-corrected chi connectivity index (χ4v) is 1.32. The minimum absolute atomic E-state index is 0.314. The Morgan fingerprint density at radius 2 is 2.05 bits per heavy atom. The van der Waals surface area contributed by atoms with Crippen molar-refractivity contribution in [3.05, 3.63) is 23.8 Å². The number of carbonyl (C=O) groups is 2. The van der Waals surface area contributed by atoms with Crippen LogP contribution in [0.15, 0.2) is 18.2 Å². The molecule has 7 nitrogen and oxygen atoms in total. The fraction of sp³-hybridized carbons (Fsp3) is 0.333. The van der Waals surface area contributed by atoms with Crippen LogP contribution in [0.3, 0.4) is 0 Å². The van der Waals surface area contributed by atoms with Crippen molar-refractivity contribution in [1.82, 2.24) is 5.48 Å². The maximum atomic E-state index is 11.7. The Balaban J connectivity index is 2.74. The molecule has 1 rings (SSSR count). The van der Waals surface area contributed by atoms with Gasteiger partial charge in [-0.3, -0.25) is 14.4 Å². The van der Waals surface area contributed by atoms with E-state index in [-0.39, 0.29) is 6.61 Å². The lowest BCUT2D eigenvalue weighted by Gasteiger charge is -2.11. The zero-order valence-corrected chi connectivity index (χ0v) is 10.8. The molecule has 0 aliphatic carbocycles. The van der Waals surface area contributed by atoms with Crippen molar-refractivity contribution in [3.8, 4) is 11.5 Å². The van der Waals surface area contributed by atoms with Gasteiger partial charge in [-0.25, -0.2) is 5.48 Å². The zero-order chi connectivity index (χ0) is 14.3. The molecule has 3 N–H and O–H groups in total. The number of hydroxylamine groups is 1. The van der Waals surface area contributed by atoms with E-state index in [0.29, 0.717) is 23.7 Å².